The summed E-state index contributed by atoms with van der Waals surface area (Å²) in [6, 6.07) is 5.47. The van der Waals surface area contributed by atoms with E-state index in [1.807, 2.05) is 18.7 Å². The Morgan fingerprint density at radius 1 is 1.24 bits per heavy atom. The van der Waals surface area contributed by atoms with Crippen molar-refractivity contribution < 1.29 is 32.9 Å². The molecule has 2 saturated heterocycles. The van der Waals surface area contributed by atoms with Crippen LogP contribution in [0.4, 0.5) is 10.1 Å². The molecule has 1 aromatic carbocycles. The molecule has 1 aromatic rings. The van der Waals surface area contributed by atoms with Gasteiger partial charge in [0.25, 0.3) is 0 Å². The molecule has 2 amide bonds. The van der Waals surface area contributed by atoms with E-state index < -0.39 is 37.1 Å². The molecular weight excluding hydrogens is 432 g/mol. The number of ketones is 1. The number of benzene rings is 1. The van der Waals surface area contributed by atoms with E-state index in [4.69, 9.17) is 9.31 Å². The Bertz CT molecular complexity index is 897. The topological polar surface area (TPSA) is 114 Å². The molecule has 9 nitrogen and oxygen atoms in total. The molecule has 0 spiro atoms. The second-order valence-corrected chi connectivity index (χ2v) is 8.83. The van der Waals surface area contributed by atoms with Crippen molar-refractivity contribution in [3.05, 3.63) is 30.1 Å². The molecule has 2 fully saturated rings. The molecule has 0 aromatic heterocycles. The average Bonchev–Trinajstić information content (AvgIpc) is 3.06. The van der Waals surface area contributed by atoms with Gasteiger partial charge in [0.1, 0.15) is 23.7 Å². The lowest BCUT2D eigenvalue weighted by Crippen LogP contribution is -2.58. The summed E-state index contributed by atoms with van der Waals surface area (Å²) in [4.78, 5) is 50.2. The molecule has 3 rings (SSSR count). The summed E-state index contributed by atoms with van der Waals surface area (Å²) < 4.78 is 24.0. The number of Topliss-reactive ketones (excluding diaryl/α,β-unsaturated/α-hetero) is 1. The maximum Gasteiger partial charge on any atom is 0.552 e. The third-order valence-electron chi connectivity index (χ3n) is 5.57. The number of hydrogen-bond donors (Lipinski definition) is 2. The van der Waals surface area contributed by atoms with E-state index in [-0.39, 0.29) is 36.4 Å². The highest BCUT2D eigenvalue weighted by Gasteiger charge is 2.46. The standard InChI is InChI=1S/C22H29BFN3O6/c1-13(2)10-19(23-32-18(11-14(3)28)22(31)33-23)26-20(29)12-25-21(30)17-8-9-27(17)16-6-4-15(24)5-7-16/h4-7,13,17-19H,8-12H2,1-3H3,(H,25,30)(H,26,29)/t17-,18-,19-/m0/s1. The zero-order chi connectivity index (χ0) is 24.1. The van der Waals surface area contributed by atoms with Gasteiger partial charge in [-0.3, -0.25) is 19.2 Å². The van der Waals surface area contributed by atoms with Crippen LogP contribution in [0.5, 0.6) is 0 Å². The van der Waals surface area contributed by atoms with Gasteiger partial charge in [0.15, 0.2) is 0 Å². The Kier molecular flexibility index (Phi) is 8.07. The zero-order valence-electron chi connectivity index (χ0n) is 19.0. The van der Waals surface area contributed by atoms with Crippen molar-refractivity contribution in [1.82, 2.24) is 10.6 Å². The summed E-state index contributed by atoms with van der Waals surface area (Å²) in [7, 11) is -0.996. The fourth-order valence-electron chi connectivity index (χ4n) is 3.90. The van der Waals surface area contributed by atoms with E-state index >= 15 is 0 Å². The first-order valence-electron chi connectivity index (χ1n) is 11.1. The van der Waals surface area contributed by atoms with Gasteiger partial charge in [-0.15, -0.1) is 0 Å². The molecule has 2 heterocycles. The van der Waals surface area contributed by atoms with Crippen molar-refractivity contribution >= 4 is 36.4 Å². The molecule has 2 aliphatic rings. The third-order valence-corrected chi connectivity index (χ3v) is 5.57. The van der Waals surface area contributed by atoms with Gasteiger partial charge < -0.3 is 24.8 Å². The largest absolute Gasteiger partial charge is 0.552 e. The number of nitrogens with zero attached hydrogens (tertiary/aromatic N) is 1. The van der Waals surface area contributed by atoms with Crippen LogP contribution in [0.15, 0.2) is 24.3 Å². The molecule has 0 bridgehead atoms. The van der Waals surface area contributed by atoms with Crippen LogP contribution in [-0.2, 0) is 28.5 Å². The highest BCUT2D eigenvalue weighted by atomic mass is 19.1. The first-order valence-corrected chi connectivity index (χ1v) is 11.1. The zero-order valence-corrected chi connectivity index (χ0v) is 19.0. The maximum atomic E-state index is 13.1. The van der Waals surface area contributed by atoms with Gasteiger partial charge in [-0.25, -0.2) is 4.39 Å². The Balaban J connectivity index is 1.52. The van der Waals surface area contributed by atoms with E-state index in [0.717, 1.165) is 5.69 Å². The normalized spacial score (nSPS) is 20.8. The fourth-order valence-corrected chi connectivity index (χ4v) is 3.90. The van der Waals surface area contributed by atoms with Crippen LogP contribution in [0.25, 0.3) is 0 Å². The highest BCUT2D eigenvalue weighted by Crippen LogP contribution is 2.26. The molecule has 11 heteroatoms. The van der Waals surface area contributed by atoms with Crippen LogP contribution in [-0.4, -0.2) is 61.9 Å². The predicted molar refractivity (Wildman–Crippen MR) is 119 cm³/mol. The molecule has 3 atom stereocenters. The predicted octanol–water partition coefficient (Wildman–Crippen LogP) is 1.00. The van der Waals surface area contributed by atoms with Gasteiger partial charge in [-0.2, -0.15) is 0 Å². The minimum Gasteiger partial charge on any atom is -0.506 e. The molecule has 33 heavy (non-hydrogen) atoms. The molecule has 2 aliphatic heterocycles. The first-order chi connectivity index (χ1) is 15.6. The number of rotatable bonds is 10. The van der Waals surface area contributed by atoms with Crippen molar-refractivity contribution in [3.63, 3.8) is 0 Å². The minimum atomic E-state index is -0.996. The van der Waals surface area contributed by atoms with Crippen LogP contribution in [0.1, 0.15) is 40.0 Å². The van der Waals surface area contributed by atoms with Crippen molar-refractivity contribution in [2.45, 2.75) is 58.1 Å². The van der Waals surface area contributed by atoms with Crippen molar-refractivity contribution in [1.29, 1.82) is 0 Å². The highest BCUT2D eigenvalue weighted by molar-refractivity contribution is 6.51. The molecule has 0 aliphatic carbocycles. The molecule has 0 unspecified atom stereocenters. The second-order valence-electron chi connectivity index (χ2n) is 8.83. The number of halogens is 1. The average molecular weight is 461 g/mol. The molecule has 0 radical (unpaired) electrons. The smallest absolute Gasteiger partial charge is 0.506 e. The Morgan fingerprint density at radius 2 is 1.94 bits per heavy atom. The monoisotopic (exact) mass is 461 g/mol. The minimum absolute atomic E-state index is 0.0837. The van der Waals surface area contributed by atoms with Crippen LogP contribution in [0.2, 0.25) is 0 Å². The Hall–Kier alpha value is -2.95. The van der Waals surface area contributed by atoms with E-state index in [0.29, 0.717) is 19.4 Å². The number of carbonyl (C=O) groups excluding carboxylic acids is 4. The summed E-state index contributed by atoms with van der Waals surface area (Å²) in [5.74, 6) is -2.37. The summed E-state index contributed by atoms with van der Waals surface area (Å²) in [6.45, 7) is 5.67. The van der Waals surface area contributed by atoms with Crippen molar-refractivity contribution in [3.8, 4) is 0 Å². The second kappa shape index (κ2) is 10.8. The quantitative estimate of drug-likeness (QED) is 0.500. The molecule has 0 saturated carbocycles. The van der Waals surface area contributed by atoms with Gasteiger partial charge >= 0.3 is 13.1 Å². The van der Waals surface area contributed by atoms with Gasteiger partial charge in [0.05, 0.1) is 12.5 Å². The lowest BCUT2D eigenvalue weighted by Gasteiger charge is -2.41. The van der Waals surface area contributed by atoms with Gasteiger partial charge in [-0.1, -0.05) is 13.8 Å². The summed E-state index contributed by atoms with van der Waals surface area (Å²) in [5, 5.41) is 5.40. The summed E-state index contributed by atoms with van der Waals surface area (Å²) in [6.07, 6.45) is 0.0461. The summed E-state index contributed by atoms with van der Waals surface area (Å²) >= 11 is 0. The fraction of sp³-hybridized carbons (Fsp3) is 0.545. The van der Waals surface area contributed by atoms with Crippen LogP contribution in [0, 0.1) is 11.7 Å². The first kappa shape index (κ1) is 24.7. The molecule has 2 N–H and O–H groups in total. The number of anilines is 1. The lowest BCUT2D eigenvalue weighted by atomic mass is 9.74. The van der Waals surface area contributed by atoms with Gasteiger partial charge in [0, 0.05) is 18.7 Å². The molecule has 178 valence electrons. The van der Waals surface area contributed by atoms with Gasteiger partial charge in [-0.05, 0) is 49.9 Å². The van der Waals surface area contributed by atoms with E-state index in [1.165, 1.54) is 19.1 Å². The molecular formula is C22H29BFN3O6. The lowest BCUT2D eigenvalue weighted by molar-refractivity contribution is -0.138. The van der Waals surface area contributed by atoms with Crippen LogP contribution < -0.4 is 15.5 Å². The van der Waals surface area contributed by atoms with E-state index in [9.17, 15) is 23.6 Å². The van der Waals surface area contributed by atoms with Crippen molar-refractivity contribution in [2.24, 2.45) is 5.92 Å². The SMILES string of the molecule is CC(=O)C[C@@H]1OB([C@H](CC(C)C)NC(=O)CNC(=O)[C@@H]2CCN2c2ccc(F)cc2)OC1=O. The van der Waals surface area contributed by atoms with Gasteiger partial charge in [0.2, 0.25) is 11.8 Å². The number of nitrogens with one attached hydrogen (secondary N) is 2. The number of amides is 2. The summed E-state index contributed by atoms with van der Waals surface area (Å²) in [5.41, 5.74) is 0.740. The number of hydrogen-bond acceptors (Lipinski definition) is 7. The van der Waals surface area contributed by atoms with Crippen LogP contribution >= 0.6 is 0 Å². The Labute approximate surface area is 192 Å². The van der Waals surface area contributed by atoms with Crippen molar-refractivity contribution in [2.75, 3.05) is 18.0 Å². The maximum absolute atomic E-state index is 13.1. The third kappa shape index (κ3) is 6.53. The Morgan fingerprint density at radius 3 is 2.52 bits per heavy atom. The van der Waals surface area contributed by atoms with E-state index in [2.05, 4.69) is 10.6 Å². The number of carbonyl (C=O) groups is 4. The van der Waals surface area contributed by atoms with E-state index in [1.54, 1.807) is 12.1 Å². The van der Waals surface area contributed by atoms with Crippen LogP contribution in [0.3, 0.4) is 0 Å².